The second kappa shape index (κ2) is 13.8. The van der Waals surface area contributed by atoms with Crippen LogP contribution in [0.1, 0.15) is 73.5 Å². The SMILES string of the molecule is CC(=O)c1cccc(NC(=O)c2cccc(C3O[C@H](CSc4ccc(C(=O)O)cc4)C[C@H](c4ccc(CO)cc4)O3)c2)c1. The average Bonchev–Trinajstić information content (AvgIpc) is 3.04. The summed E-state index contributed by atoms with van der Waals surface area (Å²) in [5.41, 5.74) is 4.11. The topological polar surface area (TPSA) is 122 Å². The van der Waals surface area contributed by atoms with E-state index in [1.807, 2.05) is 30.3 Å². The number of carbonyl (C=O) groups excluding carboxylic acids is 2. The number of hydrogen-bond acceptors (Lipinski definition) is 7. The predicted octanol–water partition coefficient (Wildman–Crippen LogP) is 6.67. The van der Waals surface area contributed by atoms with Gasteiger partial charge in [0.25, 0.3) is 5.91 Å². The van der Waals surface area contributed by atoms with E-state index in [1.54, 1.807) is 78.5 Å². The van der Waals surface area contributed by atoms with Gasteiger partial charge < -0.3 is 25.0 Å². The van der Waals surface area contributed by atoms with Gasteiger partial charge in [-0.1, -0.05) is 48.5 Å². The Morgan fingerprint density at radius 1 is 0.837 bits per heavy atom. The fourth-order valence-corrected chi connectivity index (χ4v) is 5.67. The van der Waals surface area contributed by atoms with Gasteiger partial charge in [0.1, 0.15) is 0 Å². The van der Waals surface area contributed by atoms with Crippen molar-refractivity contribution in [3.63, 3.8) is 0 Å². The lowest BCUT2D eigenvalue weighted by molar-refractivity contribution is -0.245. The molecule has 4 aromatic rings. The molecule has 0 radical (unpaired) electrons. The maximum atomic E-state index is 13.1. The van der Waals surface area contributed by atoms with Crippen LogP contribution in [-0.2, 0) is 16.1 Å². The molecule has 3 atom stereocenters. The number of carboxylic acid groups (broad SMARTS) is 1. The van der Waals surface area contributed by atoms with Gasteiger partial charge in [-0.15, -0.1) is 11.8 Å². The number of ether oxygens (including phenoxy) is 2. The number of amides is 1. The Bertz CT molecular complexity index is 1600. The first kappa shape index (κ1) is 30.2. The van der Waals surface area contributed by atoms with Crippen LogP contribution in [0, 0.1) is 0 Å². The van der Waals surface area contributed by atoms with Crippen molar-refractivity contribution in [2.45, 2.75) is 43.3 Å². The average molecular weight is 598 g/mol. The highest BCUT2D eigenvalue weighted by molar-refractivity contribution is 7.99. The smallest absolute Gasteiger partial charge is 0.335 e. The number of thioether (sulfide) groups is 1. The number of aromatic carboxylic acids is 1. The third-order valence-electron chi connectivity index (χ3n) is 7.10. The van der Waals surface area contributed by atoms with E-state index in [1.165, 1.54) is 6.92 Å². The molecule has 0 aromatic heterocycles. The van der Waals surface area contributed by atoms with Crippen molar-refractivity contribution < 1.29 is 34.1 Å². The molecule has 1 fully saturated rings. The number of nitrogens with one attached hydrogen (secondary N) is 1. The molecule has 43 heavy (non-hydrogen) atoms. The predicted molar refractivity (Wildman–Crippen MR) is 163 cm³/mol. The number of ketones is 1. The zero-order valence-electron chi connectivity index (χ0n) is 23.4. The lowest BCUT2D eigenvalue weighted by atomic mass is 10.0. The van der Waals surface area contributed by atoms with E-state index in [0.717, 1.165) is 16.0 Å². The highest BCUT2D eigenvalue weighted by Crippen LogP contribution is 2.39. The third-order valence-corrected chi connectivity index (χ3v) is 8.24. The van der Waals surface area contributed by atoms with Crippen molar-refractivity contribution in [2.75, 3.05) is 11.1 Å². The first-order valence-corrected chi connectivity index (χ1v) is 14.8. The number of carboxylic acids is 1. The quantitative estimate of drug-likeness (QED) is 0.137. The van der Waals surface area contributed by atoms with Gasteiger partial charge in [0, 0.05) is 39.4 Å². The summed E-state index contributed by atoms with van der Waals surface area (Å²) in [6, 6.07) is 28.2. The minimum atomic E-state index is -0.970. The molecule has 9 heteroatoms. The maximum absolute atomic E-state index is 13.1. The van der Waals surface area contributed by atoms with Gasteiger partial charge in [0.15, 0.2) is 12.1 Å². The molecule has 1 aliphatic heterocycles. The Labute approximate surface area is 253 Å². The van der Waals surface area contributed by atoms with Crippen molar-refractivity contribution in [2.24, 2.45) is 0 Å². The van der Waals surface area contributed by atoms with Gasteiger partial charge in [-0.2, -0.15) is 0 Å². The van der Waals surface area contributed by atoms with Crippen molar-refractivity contribution in [3.8, 4) is 0 Å². The number of carbonyl (C=O) groups is 3. The van der Waals surface area contributed by atoms with E-state index < -0.39 is 12.3 Å². The molecule has 1 unspecified atom stereocenters. The summed E-state index contributed by atoms with van der Waals surface area (Å²) in [5.74, 6) is -0.783. The number of benzene rings is 4. The van der Waals surface area contributed by atoms with Crippen LogP contribution >= 0.6 is 11.8 Å². The minimum absolute atomic E-state index is 0.0502. The number of rotatable bonds is 10. The second-order valence-electron chi connectivity index (χ2n) is 10.2. The summed E-state index contributed by atoms with van der Waals surface area (Å²) in [6.07, 6.45) is -0.664. The Hall–Kier alpha value is -4.28. The molecule has 220 valence electrons. The largest absolute Gasteiger partial charge is 0.478 e. The van der Waals surface area contributed by atoms with E-state index in [9.17, 15) is 24.6 Å². The van der Waals surface area contributed by atoms with Crippen molar-refractivity contribution >= 4 is 35.1 Å². The van der Waals surface area contributed by atoms with Gasteiger partial charge in [0.05, 0.1) is 24.4 Å². The molecule has 5 rings (SSSR count). The molecule has 8 nitrogen and oxygen atoms in total. The fourth-order valence-electron chi connectivity index (χ4n) is 4.75. The molecule has 0 saturated carbocycles. The van der Waals surface area contributed by atoms with Crippen LogP contribution < -0.4 is 5.32 Å². The van der Waals surface area contributed by atoms with Gasteiger partial charge in [-0.3, -0.25) is 9.59 Å². The second-order valence-corrected chi connectivity index (χ2v) is 11.3. The van der Waals surface area contributed by atoms with Crippen molar-refractivity contribution in [1.82, 2.24) is 0 Å². The van der Waals surface area contributed by atoms with Crippen LogP contribution in [0.15, 0.2) is 102 Å². The Morgan fingerprint density at radius 3 is 2.26 bits per heavy atom. The zero-order chi connectivity index (χ0) is 30.3. The van der Waals surface area contributed by atoms with Crippen LogP contribution in [0.25, 0.3) is 0 Å². The van der Waals surface area contributed by atoms with Crippen molar-refractivity contribution in [3.05, 3.63) is 130 Å². The molecule has 1 heterocycles. The Kier molecular flexibility index (Phi) is 9.68. The summed E-state index contributed by atoms with van der Waals surface area (Å²) in [6.45, 7) is 1.43. The Morgan fingerprint density at radius 2 is 1.56 bits per heavy atom. The van der Waals surface area contributed by atoms with Crippen LogP contribution in [0.3, 0.4) is 0 Å². The van der Waals surface area contributed by atoms with Crippen LogP contribution in [0.5, 0.6) is 0 Å². The van der Waals surface area contributed by atoms with Crippen molar-refractivity contribution in [1.29, 1.82) is 0 Å². The summed E-state index contributed by atoms with van der Waals surface area (Å²) in [5, 5.41) is 21.5. The maximum Gasteiger partial charge on any atom is 0.335 e. The number of hydrogen-bond donors (Lipinski definition) is 3. The summed E-state index contributed by atoms with van der Waals surface area (Å²) < 4.78 is 12.8. The molecule has 1 aliphatic rings. The number of anilines is 1. The molecule has 1 amide bonds. The molecular weight excluding hydrogens is 566 g/mol. The highest BCUT2D eigenvalue weighted by atomic mass is 32.2. The Balaban J connectivity index is 1.34. The first-order chi connectivity index (χ1) is 20.8. The van der Waals surface area contributed by atoms with E-state index in [0.29, 0.717) is 34.6 Å². The third kappa shape index (κ3) is 7.77. The summed E-state index contributed by atoms with van der Waals surface area (Å²) >= 11 is 1.57. The lowest BCUT2D eigenvalue weighted by Crippen LogP contribution is -2.31. The molecule has 1 saturated heterocycles. The van der Waals surface area contributed by atoms with Gasteiger partial charge >= 0.3 is 5.97 Å². The number of Topliss-reactive ketones (excluding diaryl/α,β-unsaturated/α-hetero) is 1. The van der Waals surface area contributed by atoms with Crippen LogP contribution in [-0.4, -0.2) is 39.7 Å². The van der Waals surface area contributed by atoms with E-state index in [-0.39, 0.29) is 36.1 Å². The molecule has 0 aliphatic carbocycles. The number of aliphatic hydroxyl groups excluding tert-OH is 1. The van der Waals surface area contributed by atoms with Crippen LogP contribution in [0.2, 0.25) is 0 Å². The molecule has 4 aromatic carbocycles. The molecular formula is C34H31NO7S. The standard InChI is InChI=1S/C34H31NO7S/c1-21(37)25-4-3-7-28(17-25)35-32(38)26-5-2-6-27(16-26)34-41-29(20-43-30-14-12-24(13-15-30)33(39)40)18-31(42-34)23-10-8-22(19-36)9-11-23/h2-17,29,31,34,36H,18-20H2,1H3,(H,35,38)(H,39,40)/t29-,31+,34?/m0/s1. The van der Waals surface area contributed by atoms with Gasteiger partial charge in [-0.05, 0) is 66.6 Å². The van der Waals surface area contributed by atoms with Crippen LogP contribution in [0.4, 0.5) is 5.69 Å². The zero-order valence-corrected chi connectivity index (χ0v) is 24.3. The normalized spacial score (nSPS) is 18.1. The summed E-state index contributed by atoms with van der Waals surface area (Å²) in [4.78, 5) is 37.0. The minimum Gasteiger partial charge on any atom is -0.478 e. The monoisotopic (exact) mass is 597 g/mol. The molecule has 3 N–H and O–H groups in total. The van der Waals surface area contributed by atoms with E-state index >= 15 is 0 Å². The number of aliphatic hydroxyl groups is 1. The fraction of sp³-hybridized carbons (Fsp3) is 0.206. The highest BCUT2D eigenvalue weighted by Gasteiger charge is 2.32. The molecule has 0 bridgehead atoms. The van der Waals surface area contributed by atoms with E-state index in [2.05, 4.69) is 5.32 Å². The van der Waals surface area contributed by atoms with Gasteiger partial charge in [0.2, 0.25) is 0 Å². The first-order valence-electron chi connectivity index (χ1n) is 13.8. The molecule has 0 spiro atoms. The van der Waals surface area contributed by atoms with E-state index in [4.69, 9.17) is 9.47 Å². The summed E-state index contributed by atoms with van der Waals surface area (Å²) in [7, 11) is 0. The van der Waals surface area contributed by atoms with Gasteiger partial charge in [-0.25, -0.2) is 4.79 Å². The lowest BCUT2D eigenvalue weighted by Gasteiger charge is -2.36.